The van der Waals surface area contributed by atoms with Crippen LogP contribution in [0.4, 0.5) is 0 Å². The molecule has 1 rings (SSSR count). The third kappa shape index (κ3) is 7.17. The number of rotatable bonds is 8. The molecule has 0 heterocycles. The minimum atomic E-state index is -3.57. The zero-order valence-electron chi connectivity index (χ0n) is 13.5. The highest BCUT2D eigenvalue weighted by Gasteiger charge is 2.13. The molecule has 0 amide bonds. The number of guanidine groups is 1. The Hall–Kier alpha value is -1.35. The minimum absolute atomic E-state index is 0.0920. The summed E-state index contributed by atoms with van der Waals surface area (Å²) in [7, 11) is -0.306. The van der Waals surface area contributed by atoms with Gasteiger partial charge in [-0.15, -0.1) is 0 Å². The van der Waals surface area contributed by atoms with Gasteiger partial charge in [0.25, 0.3) is 0 Å². The first-order valence-electron chi connectivity index (χ1n) is 7.10. The SMILES string of the molecule is CN=C(NCCNS(=O)(=O)c1cccc(Cl)c1)NC(C)COC. The average Bonchev–Trinajstić information content (AvgIpc) is 2.50. The average molecular weight is 363 g/mol. The van der Waals surface area contributed by atoms with E-state index >= 15 is 0 Å². The van der Waals surface area contributed by atoms with Crippen LogP contribution in [0, 0.1) is 0 Å². The first-order valence-corrected chi connectivity index (χ1v) is 8.96. The van der Waals surface area contributed by atoms with Gasteiger partial charge >= 0.3 is 0 Å². The molecular formula is C14H23ClN4O3S. The van der Waals surface area contributed by atoms with Crippen molar-refractivity contribution in [2.75, 3.05) is 33.9 Å². The lowest BCUT2D eigenvalue weighted by molar-refractivity contribution is 0.179. The van der Waals surface area contributed by atoms with E-state index in [4.69, 9.17) is 16.3 Å². The number of halogens is 1. The van der Waals surface area contributed by atoms with E-state index in [0.29, 0.717) is 24.1 Å². The normalized spacial score (nSPS) is 13.7. The van der Waals surface area contributed by atoms with Gasteiger partial charge in [-0.05, 0) is 25.1 Å². The van der Waals surface area contributed by atoms with Gasteiger partial charge in [0.1, 0.15) is 0 Å². The molecule has 0 aliphatic carbocycles. The van der Waals surface area contributed by atoms with Crippen LogP contribution in [0.5, 0.6) is 0 Å². The van der Waals surface area contributed by atoms with Crippen LogP contribution >= 0.6 is 11.6 Å². The molecule has 3 N–H and O–H groups in total. The number of benzene rings is 1. The maximum atomic E-state index is 12.1. The third-order valence-corrected chi connectivity index (χ3v) is 4.53. The van der Waals surface area contributed by atoms with Crippen molar-refractivity contribution in [3.05, 3.63) is 29.3 Å². The maximum Gasteiger partial charge on any atom is 0.240 e. The topological polar surface area (TPSA) is 91.8 Å². The van der Waals surface area contributed by atoms with E-state index in [1.54, 1.807) is 26.3 Å². The van der Waals surface area contributed by atoms with E-state index < -0.39 is 10.0 Å². The Morgan fingerprint density at radius 2 is 2.13 bits per heavy atom. The molecule has 0 bridgehead atoms. The summed E-state index contributed by atoms with van der Waals surface area (Å²) >= 11 is 5.81. The fraction of sp³-hybridized carbons (Fsp3) is 0.500. The largest absolute Gasteiger partial charge is 0.383 e. The van der Waals surface area contributed by atoms with Crippen LogP contribution in [0.3, 0.4) is 0 Å². The number of nitrogens with zero attached hydrogens (tertiary/aromatic N) is 1. The quantitative estimate of drug-likeness (QED) is 0.362. The Bertz CT molecular complexity index is 622. The van der Waals surface area contributed by atoms with E-state index in [2.05, 4.69) is 20.3 Å². The Morgan fingerprint density at radius 3 is 2.74 bits per heavy atom. The number of nitrogens with one attached hydrogen (secondary N) is 3. The van der Waals surface area contributed by atoms with E-state index in [1.165, 1.54) is 12.1 Å². The number of aliphatic imine (C=N–C) groups is 1. The van der Waals surface area contributed by atoms with Gasteiger partial charge in [-0.3, -0.25) is 4.99 Å². The number of sulfonamides is 1. The fourth-order valence-corrected chi connectivity index (χ4v) is 3.14. The van der Waals surface area contributed by atoms with Gasteiger partial charge in [0.15, 0.2) is 5.96 Å². The van der Waals surface area contributed by atoms with Crippen molar-refractivity contribution in [3.8, 4) is 0 Å². The van der Waals surface area contributed by atoms with Crippen molar-refractivity contribution in [3.63, 3.8) is 0 Å². The van der Waals surface area contributed by atoms with E-state index in [0.717, 1.165) is 0 Å². The zero-order valence-corrected chi connectivity index (χ0v) is 15.0. The molecule has 0 fully saturated rings. The molecule has 9 heteroatoms. The van der Waals surface area contributed by atoms with Gasteiger partial charge in [0, 0.05) is 38.3 Å². The molecule has 1 atom stereocenters. The molecular weight excluding hydrogens is 340 g/mol. The molecule has 7 nitrogen and oxygen atoms in total. The monoisotopic (exact) mass is 362 g/mol. The summed E-state index contributed by atoms with van der Waals surface area (Å²) < 4.78 is 31.7. The van der Waals surface area contributed by atoms with Gasteiger partial charge in [-0.25, -0.2) is 13.1 Å². The highest BCUT2D eigenvalue weighted by atomic mass is 35.5. The predicted molar refractivity (Wildman–Crippen MR) is 92.5 cm³/mol. The van der Waals surface area contributed by atoms with Crippen LogP contribution in [-0.4, -0.2) is 54.3 Å². The van der Waals surface area contributed by atoms with Gasteiger partial charge in [0.2, 0.25) is 10.0 Å². The number of hydrogen-bond acceptors (Lipinski definition) is 4. The molecule has 0 spiro atoms. The Kier molecular flexibility index (Phi) is 8.32. The van der Waals surface area contributed by atoms with Gasteiger partial charge in [-0.1, -0.05) is 17.7 Å². The molecule has 0 saturated carbocycles. The smallest absolute Gasteiger partial charge is 0.240 e. The molecule has 23 heavy (non-hydrogen) atoms. The van der Waals surface area contributed by atoms with Crippen LogP contribution in [0.25, 0.3) is 0 Å². The van der Waals surface area contributed by atoms with E-state index in [9.17, 15) is 8.42 Å². The van der Waals surface area contributed by atoms with Crippen LogP contribution in [0.1, 0.15) is 6.92 Å². The summed E-state index contributed by atoms with van der Waals surface area (Å²) in [5.74, 6) is 0.580. The highest BCUT2D eigenvalue weighted by molar-refractivity contribution is 7.89. The van der Waals surface area contributed by atoms with Crippen molar-refractivity contribution in [1.82, 2.24) is 15.4 Å². The first-order chi connectivity index (χ1) is 10.9. The summed E-state index contributed by atoms with van der Waals surface area (Å²) in [6.45, 7) is 3.10. The van der Waals surface area contributed by atoms with Gasteiger partial charge in [-0.2, -0.15) is 0 Å². The van der Waals surface area contributed by atoms with Crippen LogP contribution < -0.4 is 15.4 Å². The highest BCUT2D eigenvalue weighted by Crippen LogP contribution is 2.14. The minimum Gasteiger partial charge on any atom is -0.383 e. The first kappa shape index (κ1) is 19.7. The summed E-state index contributed by atoms with van der Waals surface area (Å²) in [4.78, 5) is 4.20. The molecule has 1 unspecified atom stereocenters. The molecule has 1 aromatic rings. The molecule has 0 aliphatic heterocycles. The van der Waals surface area contributed by atoms with E-state index in [-0.39, 0.29) is 17.5 Å². The lowest BCUT2D eigenvalue weighted by Gasteiger charge is -2.17. The lowest BCUT2D eigenvalue weighted by atomic mass is 10.4. The standard InChI is InChI=1S/C14H23ClN4O3S/c1-11(10-22-3)19-14(16-2)17-7-8-18-23(20,21)13-6-4-5-12(15)9-13/h4-6,9,11,18H,7-8,10H2,1-3H3,(H2,16,17,19). The third-order valence-electron chi connectivity index (χ3n) is 2.84. The molecule has 1 aromatic carbocycles. The fourth-order valence-electron chi connectivity index (χ4n) is 1.80. The second-order valence-corrected chi connectivity index (χ2v) is 7.06. The Morgan fingerprint density at radius 1 is 1.39 bits per heavy atom. The number of hydrogen-bond donors (Lipinski definition) is 3. The van der Waals surface area contributed by atoms with E-state index in [1.807, 2.05) is 6.92 Å². The summed E-state index contributed by atoms with van der Waals surface area (Å²) in [5, 5.41) is 6.53. The van der Waals surface area contributed by atoms with Crippen molar-refractivity contribution < 1.29 is 13.2 Å². The summed E-state index contributed by atoms with van der Waals surface area (Å²) in [5.41, 5.74) is 0. The maximum absolute atomic E-state index is 12.1. The zero-order chi connectivity index (χ0) is 17.3. The lowest BCUT2D eigenvalue weighted by Crippen LogP contribution is -2.46. The van der Waals surface area contributed by atoms with Crippen molar-refractivity contribution in [1.29, 1.82) is 0 Å². The van der Waals surface area contributed by atoms with Crippen LogP contribution in [0.2, 0.25) is 5.02 Å². The summed E-state index contributed by atoms with van der Waals surface area (Å²) in [6.07, 6.45) is 0. The van der Waals surface area contributed by atoms with Crippen molar-refractivity contribution in [2.24, 2.45) is 4.99 Å². The van der Waals surface area contributed by atoms with Crippen LogP contribution in [0.15, 0.2) is 34.2 Å². The molecule has 0 radical (unpaired) electrons. The second-order valence-electron chi connectivity index (χ2n) is 4.85. The summed E-state index contributed by atoms with van der Waals surface area (Å²) in [6, 6.07) is 6.21. The van der Waals surface area contributed by atoms with Gasteiger partial charge in [0.05, 0.1) is 11.5 Å². The van der Waals surface area contributed by atoms with Crippen molar-refractivity contribution >= 4 is 27.6 Å². The Labute approximate surface area is 142 Å². The molecule has 130 valence electrons. The van der Waals surface area contributed by atoms with Crippen LogP contribution in [-0.2, 0) is 14.8 Å². The number of ether oxygens (including phenoxy) is 1. The number of methoxy groups -OCH3 is 1. The molecule has 0 saturated heterocycles. The molecule has 0 aliphatic rings. The second kappa shape index (κ2) is 9.71. The predicted octanol–water partition coefficient (Wildman–Crippen LogP) is 0.818. The van der Waals surface area contributed by atoms with Gasteiger partial charge < -0.3 is 15.4 Å². The van der Waals surface area contributed by atoms with Crippen molar-refractivity contribution in [2.45, 2.75) is 17.9 Å². The Balaban J connectivity index is 2.44. The molecule has 0 aromatic heterocycles.